The molecule has 1 aliphatic heterocycles. The summed E-state index contributed by atoms with van der Waals surface area (Å²) in [6.07, 6.45) is 0. The van der Waals surface area contributed by atoms with E-state index in [9.17, 15) is 8.42 Å². The van der Waals surface area contributed by atoms with Crippen LogP contribution in [0.4, 0.5) is 0 Å². The van der Waals surface area contributed by atoms with Gasteiger partial charge < -0.3 is 0 Å². The third-order valence-electron chi connectivity index (χ3n) is 2.38. The Morgan fingerprint density at radius 2 is 2.20 bits per heavy atom. The first kappa shape index (κ1) is 11.0. The summed E-state index contributed by atoms with van der Waals surface area (Å²) in [7, 11) is -3.34. The summed E-state index contributed by atoms with van der Waals surface area (Å²) in [6.45, 7) is 4.03. The predicted molar refractivity (Wildman–Crippen MR) is 59.3 cm³/mol. The van der Waals surface area contributed by atoms with Crippen LogP contribution >= 0.6 is 11.8 Å². The quantitative estimate of drug-likeness (QED) is 0.836. The first-order valence-electron chi connectivity index (χ1n) is 4.63. The van der Waals surface area contributed by atoms with Crippen LogP contribution in [0.1, 0.15) is 11.4 Å². The van der Waals surface area contributed by atoms with Crippen LogP contribution in [0.5, 0.6) is 0 Å². The zero-order valence-electron chi connectivity index (χ0n) is 8.65. The Morgan fingerprint density at radius 3 is 2.67 bits per heavy atom. The number of sulfonamides is 1. The fourth-order valence-corrected chi connectivity index (χ4v) is 4.78. The molecule has 1 aliphatic rings. The van der Waals surface area contributed by atoms with E-state index in [0.717, 1.165) is 5.75 Å². The standard InChI is InChI=1S/C8H13N3O2S2/c1-6-8(7(2)10-9-6)15(12,13)11-3-4-14-5-11/h3-5H2,1-2H3,(H,9,10). The molecule has 0 amide bonds. The number of aryl methyl sites for hydroxylation is 2. The summed E-state index contributed by atoms with van der Waals surface area (Å²) in [5, 5.41) is 6.62. The maximum atomic E-state index is 12.2. The van der Waals surface area contributed by atoms with Gasteiger partial charge in [0.2, 0.25) is 10.0 Å². The van der Waals surface area contributed by atoms with E-state index in [1.807, 2.05) is 0 Å². The zero-order valence-corrected chi connectivity index (χ0v) is 10.3. The van der Waals surface area contributed by atoms with E-state index in [2.05, 4.69) is 10.2 Å². The molecule has 1 fully saturated rings. The van der Waals surface area contributed by atoms with E-state index < -0.39 is 10.0 Å². The number of nitrogens with one attached hydrogen (secondary N) is 1. The Morgan fingerprint density at radius 1 is 1.47 bits per heavy atom. The average Bonchev–Trinajstić information content (AvgIpc) is 2.75. The molecular formula is C8H13N3O2S2. The molecule has 0 atom stereocenters. The molecule has 0 aromatic carbocycles. The number of aromatic nitrogens is 2. The fourth-order valence-electron chi connectivity index (χ4n) is 1.64. The van der Waals surface area contributed by atoms with Crippen LogP contribution in [0, 0.1) is 13.8 Å². The van der Waals surface area contributed by atoms with Crippen molar-refractivity contribution in [1.29, 1.82) is 0 Å². The Balaban J connectivity index is 2.45. The fraction of sp³-hybridized carbons (Fsp3) is 0.625. The Labute approximate surface area is 93.3 Å². The van der Waals surface area contributed by atoms with Gasteiger partial charge in [-0.05, 0) is 13.8 Å². The predicted octanol–water partition coefficient (Wildman–Crippen LogP) is 0.722. The molecule has 7 heteroatoms. The highest BCUT2D eigenvalue weighted by atomic mass is 32.2. The molecule has 0 bridgehead atoms. The van der Waals surface area contributed by atoms with Gasteiger partial charge in [0.25, 0.3) is 0 Å². The van der Waals surface area contributed by atoms with Crippen molar-refractivity contribution in [2.75, 3.05) is 18.2 Å². The van der Waals surface area contributed by atoms with E-state index in [1.54, 1.807) is 25.6 Å². The van der Waals surface area contributed by atoms with Crippen LogP contribution in [-0.4, -0.2) is 41.1 Å². The van der Waals surface area contributed by atoms with Crippen molar-refractivity contribution in [3.63, 3.8) is 0 Å². The molecule has 1 aromatic rings. The van der Waals surface area contributed by atoms with E-state index in [1.165, 1.54) is 4.31 Å². The van der Waals surface area contributed by atoms with Crippen LogP contribution in [0.2, 0.25) is 0 Å². The molecule has 0 spiro atoms. The summed E-state index contributed by atoms with van der Waals surface area (Å²) in [5.74, 6) is 1.42. The monoisotopic (exact) mass is 247 g/mol. The number of H-pyrrole nitrogens is 1. The van der Waals surface area contributed by atoms with Crippen molar-refractivity contribution in [2.24, 2.45) is 0 Å². The first-order chi connectivity index (χ1) is 7.03. The molecule has 2 heterocycles. The van der Waals surface area contributed by atoms with E-state index >= 15 is 0 Å². The lowest BCUT2D eigenvalue weighted by atomic mass is 10.4. The van der Waals surface area contributed by atoms with Gasteiger partial charge >= 0.3 is 0 Å². The third-order valence-corrected chi connectivity index (χ3v) is 5.62. The smallest absolute Gasteiger partial charge is 0.247 e. The molecule has 0 radical (unpaired) electrons. The van der Waals surface area contributed by atoms with Gasteiger partial charge in [0.15, 0.2) is 0 Å². The molecule has 2 rings (SSSR count). The molecule has 1 saturated heterocycles. The third kappa shape index (κ3) is 1.79. The van der Waals surface area contributed by atoms with E-state index in [4.69, 9.17) is 0 Å². The minimum absolute atomic E-state index is 0.338. The van der Waals surface area contributed by atoms with Crippen molar-refractivity contribution < 1.29 is 8.42 Å². The normalized spacial score (nSPS) is 18.5. The molecule has 0 saturated carbocycles. The van der Waals surface area contributed by atoms with E-state index in [-0.39, 0.29) is 0 Å². The number of rotatable bonds is 2. The largest absolute Gasteiger partial charge is 0.281 e. The zero-order chi connectivity index (χ0) is 11.1. The van der Waals surface area contributed by atoms with Crippen LogP contribution in [0.15, 0.2) is 4.90 Å². The van der Waals surface area contributed by atoms with Gasteiger partial charge in [0.05, 0.1) is 17.3 Å². The maximum absolute atomic E-state index is 12.2. The molecule has 0 unspecified atom stereocenters. The van der Waals surface area contributed by atoms with Gasteiger partial charge in [0.1, 0.15) is 4.90 Å². The lowest BCUT2D eigenvalue weighted by Gasteiger charge is -2.14. The minimum atomic E-state index is -3.34. The van der Waals surface area contributed by atoms with Crippen LogP contribution < -0.4 is 0 Å². The van der Waals surface area contributed by atoms with Crippen LogP contribution in [0.3, 0.4) is 0 Å². The van der Waals surface area contributed by atoms with Crippen molar-refractivity contribution in [3.8, 4) is 0 Å². The van der Waals surface area contributed by atoms with Gasteiger partial charge in [-0.2, -0.15) is 9.40 Å². The molecule has 84 valence electrons. The van der Waals surface area contributed by atoms with E-state index in [0.29, 0.717) is 28.7 Å². The molecular weight excluding hydrogens is 234 g/mol. The highest BCUT2D eigenvalue weighted by Gasteiger charge is 2.31. The second-order valence-corrected chi connectivity index (χ2v) is 6.43. The minimum Gasteiger partial charge on any atom is -0.281 e. The highest BCUT2D eigenvalue weighted by molar-refractivity contribution is 8.00. The molecule has 1 aromatic heterocycles. The number of hydrogen-bond donors (Lipinski definition) is 1. The molecule has 5 nitrogen and oxygen atoms in total. The molecule has 1 N–H and O–H groups in total. The topological polar surface area (TPSA) is 66.1 Å². The number of nitrogens with zero attached hydrogens (tertiary/aromatic N) is 2. The lowest BCUT2D eigenvalue weighted by Crippen LogP contribution is -2.28. The van der Waals surface area contributed by atoms with Gasteiger partial charge in [0, 0.05) is 12.3 Å². The van der Waals surface area contributed by atoms with Crippen molar-refractivity contribution in [1.82, 2.24) is 14.5 Å². The van der Waals surface area contributed by atoms with Crippen LogP contribution in [0.25, 0.3) is 0 Å². The summed E-state index contributed by atoms with van der Waals surface area (Å²) in [4.78, 5) is 0.338. The molecule has 15 heavy (non-hydrogen) atoms. The number of hydrogen-bond acceptors (Lipinski definition) is 4. The SMILES string of the molecule is Cc1n[nH]c(C)c1S(=O)(=O)N1CCSC1. The van der Waals surface area contributed by atoms with Crippen molar-refractivity contribution in [2.45, 2.75) is 18.7 Å². The molecule has 0 aliphatic carbocycles. The lowest BCUT2D eigenvalue weighted by molar-refractivity contribution is 0.488. The average molecular weight is 247 g/mol. The van der Waals surface area contributed by atoms with Gasteiger partial charge in [-0.1, -0.05) is 0 Å². The summed E-state index contributed by atoms with van der Waals surface area (Å²) < 4.78 is 25.9. The summed E-state index contributed by atoms with van der Waals surface area (Å²) >= 11 is 1.63. The number of aromatic amines is 1. The Hall–Kier alpha value is -0.530. The Bertz CT molecular complexity index is 441. The second kappa shape index (κ2) is 3.80. The maximum Gasteiger partial charge on any atom is 0.247 e. The summed E-state index contributed by atoms with van der Waals surface area (Å²) in [6, 6.07) is 0. The summed E-state index contributed by atoms with van der Waals surface area (Å²) in [5.41, 5.74) is 1.16. The second-order valence-electron chi connectivity index (χ2n) is 3.48. The van der Waals surface area contributed by atoms with Crippen molar-refractivity contribution in [3.05, 3.63) is 11.4 Å². The first-order valence-corrected chi connectivity index (χ1v) is 7.22. The van der Waals surface area contributed by atoms with Crippen LogP contribution in [-0.2, 0) is 10.0 Å². The Kier molecular flexibility index (Phi) is 2.78. The van der Waals surface area contributed by atoms with Gasteiger partial charge in [-0.25, -0.2) is 8.42 Å². The van der Waals surface area contributed by atoms with Gasteiger partial charge in [-0.15, -0.1) is 11.8 Å². The highest BCUT2D eigenvalue weighted by Crippen LogP contribution is 2.26. The number of thioether (sulfide) groups is 1. The van der Waals surface area contributed by atoms with Crippen molar-refractivity contribution >= 4 is 21.8 Å². The van der Waals surface area contributed by atoms with Gasteiger partial charge in [-0.3, -0.25) is 5.10 Å².